The molecule has 0 saturated heterocycles. The van der Waals surface area contributed by atoms with Gasteiger partial charge < -0.3 is 4.74 Å². The van der Waals surface area contributed by atoms with E-state index in [1.54, 1.807) is 0 Å². The summed E-state index contributed by atoms with van der Waals surface area (Å²) in [7, 11) is 1.36. The van der Waals surface area contributed by atoms with Gasteiger partial charge in [0.2, 0.25) is 10.0 Å². The maximum absolute atomic E-state index is 11.9. The smallest absolute Gasteiger partial charge is 0.265 e. The SMILES string of the molecule is COc1ccc(S(=O)(=O)N(C)C)cc1S(=O)(=O)Cl. The van der Waals surface area contributed by atoms with Crippen molar-refractivity contribution in [2.45, 2.75) is 9.79 Å². The fourth-order valence-electron chi connectivity index (χ4n) is 1.22. The first-order valence-corrected chi connectivity index (χ1v) is 8.41. The normalized spacial score (nSPS) is 12.7. The molecule has 18 heavy (non-hydrogen) atoms. The summed E-state index contributed by atoms with van der Waals surface area (Å²) in [5.41, 5.74) is 0. The van der Waals surface area contributed by atoms with Crippen LogP contribution in [0.3, 0.4) is 0 Å². The van der Waals surface area contributed by atoms with E-state index in [9.17, 15) is 16.8 Å². The Morgan fingerprint density at radius 3 is 2.11 bits per heavy atom. The van der Waals surface area contributed by atoms with Crippen LogP contribution in [0.1, 0.15) is 0 Å². The largest absolute Gasteiger partial charge is 0.495 e. The topological polar surface area (TPSA) is 80.8 Å². The number of sulfonamides is 1. The van der Waals surface area contributed by atoms with Gasteiger partial charge in [0.05, 0.1) is 12.0 Å². The number of rotatable bonds is 4. The Hall–Kier alpha value is -0.830. The zero-order valence-corrected chi connectivity index (χ0v) is 12.3. The number of ether oxygens (including phenoxy) is 1. The highest BCUT2D eigenvalue weighted by Gasteiger charge is 2.23. The van der Waals surface area contributed by atoms with Gasteiger partial charge in [-0.05, 0) is 18.2 Å². The van der Waals surface area contributed by atoms with E-state index < -0.39 is 19.1 Å². The molecule has 0 aliphatic carbocycles. The summed E-state index contributed by atoms with van der Waals surface area (Å²) in [5, 5.41) is 0. The van der Waals surface area contributed by atoms with Crippen LogP contribution in [0.15, 0.2) is 28.0 Å². The Labute approximate surface area is 111 Å². The fraction of sp³-hybridized carbons (Fsp3) is 0.333. The lowest BCUT2D eigenvalue weighted by Crippen LogP contribution is -2.22. The van der Waals surface area contributed by atoms with Gasteiger partial charge in [-0.3, -0.25) is 0 Å². The lowest BCUT2D eigenvalue weighted by atomic mass is 10.3. The van der Waals surface area contributed by atoms with Crippen LogP contribution in [0, 0.1) is 0 Å². The summed E-state index contributed by atoms with van der Waals surface area (Å²) in [6.07, 6.45) is 0. The van der Waals surface area contributed by atoms with Crippen molar-refractivity contribution in [1.82, 2.24) is 4.31 Å². The van der Waals surface area contributed by atoms with E-state index in [1.807, 2.05) is 0 Å². The van der Waals surface area contributed by atoms with E-state index in [0.29, 0.717) is 0 Å². The Balaban J connectivity index is 3.56. The number of methoxy groups -OCH3 is 1. The molecule has 6 nitrogen and oxygen atoms in total. The number of hydrogen-bond donors (Lipinski definition) is 0. The molecule has 1 rings (SSSR count). The number of hydrogen-bond acceptors (Lipinski definition) is 5. The lowest BCUT2D eigenvalue weighted by molar-refractivity contribution is 0.402. The summed E-state index contributed by atoms with van der Waals surface area (Å²) in [6, 6.07) is 3.46. The molecule has 0 aliphatic rings. The molecule has 0 fully saturated rings. The van der Waals surface area contributed by atoms with E-state index in [-0.39, 0.29) is 15.5 Å². The molecule has 0 radical (unpaired) electrons. The van der Waals surface area contributed by atoms with Crippen LogP contribution in [-0.2, 0) is 19.1 Å². The van der Waals surface area contributed by atoms with Gasteiger partial charge in [-0.1, -0.05) is 0 Å². The maximum atomic E-state index is 11.9. The average Bonchev–Trinajstić information content (AvgIpc) is 2.26. The van der Waals surface area contributed by atoms with Crippen molar-refractivity contribution in [2.24, 2.45) is 0 Å². The monoisotopic (exact) mass is 313 g/mol. The van der Waals surface area contributed by atoms with Crippen molar-refractivity contribution in [2.75, 3.05) is 21.2 Å². The zero-order chi connectivity index (χ0) is 14.1. The predicted molar refractivity (Wildman–Crippen MR) is 66.9 cm³/mol. The van der Waals surface area contributed by atoms with Gasteiger partial charge in [0, 0.05) is 24.8 Å². The standard InChI is InChI=1S/C9H12ClNO5S2/c1-11(2)18(14,15)7-4-5-8(16-3)9(6-7)17(10,12)13/h4-6H,1-3H3. The molecule has 0 unspecified atom stereocenters. The van der Waals surface area contributed by atoms with Gasteiger partial charge in [-0.15, -0.1) is 0 Å². The van der Waals surface area contributed by atoms with Gasteiger partial charge in [0.25, 0.3) is 9.05 Å². The Morgan fingerprint density at radius 1 is 1.17 bits per heavy atom. The molecule has 0 heterocycles. The minimum Gasteiger partial charge on any atom is -0.495 e. The quantitative estimate of drug-likeness (QED) is 0.771. The van der Waals surface area contributed by atoms with Crippen LogP contribution in [0.5, 0.6) is 5.75 Å². The third-order valence-electron chi connectivity index (χ3n) is 2.18. The van der Waals surface area contributed by atoms with Crippen molar-refractivity contribution < 1.29 is 21.6 Å². The van der Waals surface area contributed by atoms with Crippen LogP contribution < -0.4 is 4.74 Å². The van der Waals surface area contributed by atoms with E-state index in [1.165, 1.54) is 33.3 Å². The highest BCUT2D eigenvalue weighted by molar-refractivity contribution is 8.13. The molecule has 0 aromatic heterocycles. The Morgan fingerprint density at radius 2 is 1.72 bits per heavy atom. The molecule has 0 aliphatic heterocycles. The van der Waals surface area contributed by atoms with Crippen LogP contribution in [0.2, 0.25) is 0 Å². The van der Waals surface area contributed by atoms with Gasteiger partial charge in [-0.25, -0.2) is 21.1 Å². The highest BCUT2D eigenvalue weighted by atomic mass is 35.7. The lowest BCUT2D eigenvalue weighted by Gasteiger charge is -2.13. The molecule has 0 N–H and O–H groups in total. The molecular formula is C9H12ClNO5S2. The molecular weight excluding hydrogens is 302 g/mol. The molecule has 0 spiro atoms. The highest BCUT2D eigenvalue weighted by Crippen LogP contribution is 2.29. The molecule has 102 valence electrons. The molecule has 0 saturated carbocycles. The van der Waals surface area contributed by atoms with Crippen molar-refractivity contribution in [3.05, 3.63) is 18.2 Å². The fourth-order valence-corrected chi connectivity index (χ4v) is 3.24. The molecule has 1 aromatic rings. The zero-order valence-electron chi connectivity index (χ0n) is 9.91. The van der Waals surface area contributed by atoms with Crippen molar-refractivity contribution >= 4 is 29.8 Å². The second-order valence-corrected chi connectivity index (χ2v) is 8.22. The van der Waals surface area contributed by atoms with Crippen LogP contribution in [0.4, 0.5) is 0 Å². The van der Waals surface area contributed by atoms with Crippen molar-refractivity contribution in [3.63, 3.8) is 0 Å². The van der Waals surface area contributed by atoms with E-state index in [0.717, 1.165) is 10.4 Å². The van der Waals surface area contributed by atoms with E-state index in [2.05, 4.69) is 0 Å². The van der Waals surface area contributed by atoms with Gasteiger partial charge >= 0.3 is 0 Å². The third-order valence-corrected chi connectivity index (χ3v) is 5.33. The van der Waals surface area contributed by atoms with E-state index in [4.69, 9.17) is 15.4 Å². The maximum Gasteiger partial charge on any atom is 0.265 e. The summed E-state index contributed by atoms with van der Waals surface area (Å²) >= 11 is 0. The average molecular weight is 314 g/mol. The summed E-state index contributed by atoms with van der Waals surface area (Å²) in [5.74, 6) is -0.0114. The number of benzene rings is 1. The summed E-state index contributed by atoms with van der Waals surface area (Å²) in [4.78, 5) is -0.554. The van der Waals surface area contributed by atoms with E-state index >= 15 is 0 Å². The Bertz CT molecular complexity index is 652. The number of halogens is 1. The summed E-state index contributed by atoms with van der Waals surface area (Å²) < 4.78 is 52.2. The third kappa shape index (κ3) is 2.94. The molecule has 0 amide bonds. The van der Waals surface area contributed by atoms with Gasteiger partial charge in [-0.2, -0.15) is 0 Å². The van der Waals surface area contributed by atoms with Gasteiger partial charge in [0.15, 0.2) is 0 Å². The molecule has 0 bridgehead atoms. The molecule has 1 aromatic carbocycles. The van der Waals surface area contributed by atoms with Crippen LogP contribution >= 0.6 is 10.7 Å². The molecule has 9 heteroatoms. The van der Waals surface area contributed by atoms with Crippen LogP contribution in [-0.4, -0.2) is 42.3 Å². The first kappa shape index (κ1) is 15.2. The predicted octanol–water partition coefficient (Wildman–Crippen LogP) is 0.873. The second-order valence-electron chi connectivity index (χ2n) is 3.54. The first-order valence-electron chi connectivity index (χ1n) is 4.66. The first-order chi connectivity index (χ1) is 8.10. The van der Waals surface area contributed by atoms with Crippen molar-refractivity contribution in [1.29, 1.82) is 0 Å². The van der Waals surface area contributed by atoms with Crippen molar-refractivity contribution in [3.8, 4) is 5.75 Å². The molecule has 0 atom stereocenters. The second kappa shape index (κ2) is 5.04. The minimum absolute atomic E-state index is 0.0114. The number of nitrogens with zero attached hydrogens (tertiary/aromatic N) is 1. The van der Waals surface area contributed by atoms with Crippen LogP contribution in [0.25, 0.3) is 0 Å². The Kier molecular flexibility index (Phi) is 4.26. The van der Waals surface area contributed by atoms with Gasteiger partial charge in [0.1, 0.15) is 10.6 Å². The minimum atomic E-state index is -4.09. The summed E-state index contributed by atoms with van der Waals surface area (Å²) in [6.45, 7) is 0.